The Morgan fingerprint density at radius 1 is 1.47 bits per heavy atom. The van der Waals surface area contributed by atoms with Gasteiger partial charge in [0.25, 0.3) is 0 Å². The van der Waals surface area contributed by atoms with Gasteiger partial charge < -0.3 is 10.3 Å². The Kier molecular flexibility index (Phi) is 5.53. The van der Waals surface area contributed by atoms with Crippen LogP contribution in [-0.2, 0) is 12.3 Å². The minimum Gasteiger partial charge on any atom is -0.344 e. The van der Waals surface area contributed by atoms with Gasteiger partial charge in [0.1, 0.15) is 5.82 Å². The molecule has 0 aromatic carbocycles. The number of hydrogen-bond donors (Lipinski definition) is 2. The number of H-pyrrole nitrogens is 1. The van der Waals surface area contributed by atoms with Crippen molar-refractivity contribution in [1.82, 2.24) is 15.3 Å². The van der Waals surface area contributed by atoms with Crippen LogP contribution in [-0.4, -0.2) is 20.8 Å². The number of aromatic amines is 1. The molecular weight excluding hydrogens is 230 g/mol. The number of nitrogens with zero attached hydrogens (tertiary/aromatic N) is 1. The average Bonchev–Trinajstić information content (AvgIpc) is 2.70. The maximum atomic E-state index is 4.41. The summed E-state index contributed by atoms with van der Waals surface area (Å²) in [6.45, 7) is 11.8. The number of nitrogens with one attached hydrogen (secondary N) is 2. The van der Waals surface area contributed by atoms with Gasteiger partial charge in [0, 0.05) is 29.2 Å². The molecule has 1 atom stereocenters. The Balaban J connectivity index is 2.37. The fourth-order valence-corrected chi connectivity index (χ4v) is 2.09. The maximum absolute atomic E-state index is 4.41. The molecule has 2 N–H and O–H groups in total. The van der Waals surface area contributed by atoms with Gasteiger partial charge in [-0.1, -0.05) is 13.8 Å². The minimum atomic E-state index is 0.150. The van der Waals surface area contributed by atoms with Crippen LogP contribution in [0.3, 0.4) is 0 Å². The van der Waals surface area contributed by atoms with Gasteiger partial charge in [0.2, 0.25) is 0 Å². The van der Waals surface area contributed by atoms with Crippen molar-refractivity contribution in [2.45, 2.75) is 64.1 Å². The summed E-state index contributed by atoms with van der Waals surface area (Å²) in [6.07, 6.45) is 3.15. The summed E-state index contributed by atoms with van der Waals surface area (Å²) in [5.74, 6) is 2.06. The van der Waals surface area contributed by atoms with Crippen LogP contribution in [0.1, 0.15) is 52.6 Å². The van der Waals surface area contributed by atoms with Gasteiger partial charge in [0.15, 0.2) is 0 Å². The van der Waals surface area contributed by atoms with Crippen molar-refractivity contribution in [1.29, 1.82) is 0 Å². The lowest BCUT2D eigenvalue weighted by Gasteiger charge is -2.19. The molecule has 0 amide bonds. The predicted octanol–water partition coefficient (Wildman–Crippen LogP) is 3.33. The third-order valence-electron chi connectivity index (χ3n) is 2.57. The molecular formula is C13H25N3S. The third kappa shape index (κ3) is 6.13. The standard InChI is InChI=1S/C13H25N3S/c1-6-10(2)17-9-12-14-7-11(16-12)8-15-13(3,4)5/h7,10,15H,6,8-9H2,1-5H3,(H,14,16). The molecule has 1 aromatic heterocycles. The van der Waals surface area contributed by atoms with Gasteiger partial charge in [-0.3, -0.25) is 0 Å². The second-order valence-electron chi connectivity index (χ2n) is 5.49. The van der Waals surface area contributed by atoms with Crippen LogP contribution < -0.4 is 5.32 Å². The summed E-state index contributed by atoms with van der Waals surface area (Å²) in [4.78, 5) is 7.78. The van der Waals surface area contributed by atoms with Gasteiger partial charge >= 0.3 is 0 Å². The first kappa shape index (κ1) is 14.6. The van der Waals surface area contributed by atoms with E-state index in [1.165, 1.54) is 12.1 Å². The number of rotatable bonds is 6. The molecule has 1 aromatic rings. The van der Waals surface area contributed by atoms with Gasteiger partial charge in [0.05, 0.1) is 5.75 Å². The Morgan fingerprint density at radius 3 is 2.76 bits per heavy atom. The highest BCUT2D eigenvalue weighted by molar-refractivity contribution is 7.99. The summed E-state index contributed by atoms with van der Waals surface area (Å²) in [5.41, 5.74) is 1.32. The molecule has 0 aliphatic rings. The lowest BCUT2D eigenvalue weighted by Crippen LogP contribution is -2.35. The molecule has 0 saturated heterocycles. The Morgan fingerprint density at radius 2 is 2.18 bits per heavy atom. The van der Waals surface area contributed by atoms with Crippen molar-refractivity contribution in [3.63, 3.8) is 0 Å². The van der Waals surface area contributed by atoms with Crippen molar-refractivity contribution < 1.29 is 0 Å². The number of imidazole rings is 1. The molecule has 17 heavy (non-hydrogen) atoms. The zero-order chi connectivity index (χ0) is 12.9. The maximum Gasteiger partial charge on any atom is 0.116 e. The minimum absolute atomic E-state index is 0.150. The average molecular weight is 255 g/mol. The largest absolute Gasteiger partial charge is 0.344 e. The van der Waals surface area contributed by atoms with E-state index in [9.17, 15) is 0 Å². The van der Waals surface area contributed by atoms with Crippen LogP contribution in [0.25, 0.3) is 0 Å². The molecule has 0 fully saturated rings. The molecule has 4 heteroatoms. The van der Waals surface area contributed by atoms with E-state index in [0.29, 0.717) is 5.25 Å². The summed E-state index contributed by atoms with van der Waals surface area (Å²) < 4.78 is 0. The normalized spacial score (nSPS) is 13.9. The predicted molar refractivity (Wildman–Crippen MR) is 76.2 cm³/mol. The van der Waals surface area contributed by atoms with Crippen molar-refractivity contribution in [3.05, 3.63) is 17.7 Å². The summed E-state index contributed by atoms with van der Waals surface area (Å²) in [6, 6.07) is 0. The van der Waals surface area contributed by atoms with Gasteiger partial charge in [-0.25, -0.2) is 4.98 Å². The van der Waals surface area contributed by atoms with Crippen molar-refractivity contribution in [3.8, 4) is 0 Å². The molecule has 0 radical (unpaired) electrons. The smallest absolute Gasteiger partial charge is 0.116 e. The fourth-order valence-electron chi connectivity index (χ4n) is 1.27. The summed E-state index contributed by atoms with van der Waals surface area (Å²) in [7, 11) is 0. The topological polar surface area (TPSA) is 40.7 Å². The van der Waals surface area contributed by atoms with Crippen LogP contribution in [0.15, 0.2) is 6.20 Å². The van der Waals surface area contributed by atoms with Crippen LogP contribution in [0, 0.1) is 0 Å². The summed E-state index contributed by atoms with van der Waals surface area (Å²) in [5, 5.41) is 4.15. The molecule has 0 saturated carbocycles. The Labute approximate surface area is 109 Å². The molecule has 3 nitrogen and oxygen atoms in total. The summed E-state index contributed by atoms with van der Waals surface area (Å²) >= 11 is 1.95. The van der Waals surface area contributed by atoms with E-state index in [2.05, 4.69) is 49.9 Å². The molecule has 1 heterocycles. The van der Waals surface area contributed by atoms with Crippen molar-refractivity contribution in [2.24, 2.45) is 0 Å². The second-order valence-corrected chi connectivity index (χ2v) is 6.92. The van der Waals surface area contributed by atoms with Crippen molar-refractivity contribution in [2.75, 3.05) is 0 Å². The Bertz CT molecular complexity index is 328. The van der Waals surface area contributed by atoms with E-state index in [1.54, 1.807) is 0 Å². The van der Waals surface area contributed by atoms with Gasteiger partial charge in [-0.05, 0) is 27.2 Å². The van der Waals surface area contributed by atoms with E-state index < -0.39 is 0 Å². The quantitative estimate of drug-likeness (QED) is 0.819. The second kappa shape index (κ2) is 6.45. The molecule has 0 spiro atoms. The van der Waals surface area contributed by atoms with Crippen molar-refractivity contribution >= 4 is 11.8 Å². The lowest BCUT2D eigenvalue weighted by atomic mass is 10.1. The highest BCUT2D eigenvalue weighted by Crippen LogP contribution is 2.18. The first-order chi connectivity index (χ1) is 7.90. The Hall–Kier alpha value is -0.480. The molecule has 0 aliphatic carbocycles. The zero-order valence-corrected chi connectivity index (χ0v) is 12.4. The molecule has 98 valence electrons. The lowest BCUT2D eigenvalue weighted by molar-refractivity contribution is 0.421. The molecule has 1 rings (SSSR count). The van der Waals surface area contributed by atoms with Crippen LogP contribution in [0.5, 0.6) is 0 Å². The number of hydrogen-bond acceptors (Lipinski definition) is 3. The van der Waals surface area contributed by atoms with E-state index in [0.717, 1.165) is 18.1 Å². The molecule has 0 bridgehead atoms. The third-order valence-corrected chi connectivity index (χ3v) is 3.91. The van der Waals surface area contributed by atoms with E-state index >= 15 is 0 Å². The zero-order valence-electron chi connectivity index (χ0n) is 11.6. The highest BCUT2D eigenvalue weighted by Gasteiger charge is 2.09. The van der Waals surface area contributed by atoms with Gasteiger partial charge in [-0.15, -0.1) is 0 Å². The highest BCUT2D eigenvalue weighted by atomic mass is 32.2. The van der Waals surface area contributed by atoms with Crippen LogP contribution >= 0.6 is 11.8 Å². The van der Waals surface area contributed by atoms with Crippen LogP contribution in [0.4, 0.5) is 0 Å². The van der Waals surface area contributed by atoms with E-state index in [-0.39, 0.29) is 5.54 Å². The molecule has 1 unspecified atom stereocenters. The van der Waals surface area contributed by atoms with E-state index in [1.807, 2.05) is 18.0 Å². The SMILES string of the molecule is CCC(C)SCc1ncc(CNC(C)(C)C)[nH]1. The fraction of sp³-hybridized carbons (Fsp3) is 0.769. The first-order valence-corrected chi connectivity index (χ1v) is 7.35. The first-order valence-electron chi connectivity index (χ1n) is 6.30. The van der Waals surface area contributed by atoms with Gasteiger partial charge in [-0.2, -0.15) is 11.8 Å². The molecule has 0 aliphatic heterocycles. The van der Waals surface area contributed by atoms with Crippen LogP contribution in [0.2, 0.25) is 0 Å². The number of thioether (sulfide) groups is 1. The monoisotopic (exact) mass is 255 g/mol. The number of aromatic nitrogens is 2. The van der Waals surface area contributed by atoms with E-state index in [4.69, 9.17) is 0 Å².